The number of aryl methyl sites for hydroxylation is 2. The first-order chi connectivity index (χ1) is 45.1. The van der Waals surface area contributed by atoms with E-state index in [1.807, 2.05) is 14.4 Å². The van der Waals surface area contributed by atoms with E-state index in [0.717, 1.165) is 43.3 Å². The average molecular weight is 1300 g/mol. The van der Waals surface area contributed by atoms with Crippen LogP contribution in [0.15, 0.2) is 71.8 Å². The van der Waals surface area contributed by atoms with Crippen molar-refractivity contribution in [2.45, 2.75) is 438 Å². The van der Waals surface area contributed by atoms with Gasteiger partial charge in [-0.05, 0) is 84.9 Å². The molecule has 3 heteroatoms. The minimum absolute atomic E-state index is 0.844. The van der Waals surface area contributed by atoms with Gasteiger partial charge in [0.05, 0.1) is 0 Å². The van der Waals surface area contributed by atoms with Gasteiger partial charge in [0.25, 0.3) is 0 Å². The van der Waals surface area contributed by atoms with Crippen molar-refractivity contribution < 1.29 is 19.2 Å². The number of allylic oxidation sites excluding steroid dienone is 4. The predicted octanol–water partition coefficient (Wildman–Crippen LogP) is 30.6. The van der Waals surface area contributed by atoms with E-state index >= 15 is 0 Å². The Hall–Kier alpha value is -2.87. The Morgan fingerprint density at radius 2 is 0.747 bits per heavy atom. The molecule has 2 aromatic rings. The molecule has 91 heavy (non-hydrogen) atoms. The maximum absolute atomic E-state index is 9.86. The molecular formula is C88H152N2Ni. The third-order valence-electron chi connectivity index (χ3n) is 19.0. The van der Waals surface area contributed by atoms with Gasteiger partial charge in [0.2, 0.25) is 0 Å². The van der Waals surface area contributed by atoms with Crippen molar-refractivity contribution in [2.24, 2.45) is 0 Å². The molecule has 0 aromatic heterocycles. The molecule has 0 saturated heterocycles. The molecule has 0 saturated carbocycles. The Morgan fingerprint density at radius 3 is 1.16 bits per heavy atom. The molecule has 0 amide bonds. The van der Waals surface area contributed by atoms with Crippen molar-refractivity contribution in [1.82, 2.24) is 0 Å². The Kier molecular flexibility index (Phi) is 67.6. The summed E-state index contributed by atoms with van der Waals surface area (Å²) in [5.74, 6) is 10.0. The summed E-state index contributed by atoms with van der Waals surface area (Å²) in [4.78, 5) is 3.47. The molecule has 0 aliphatic heterocycles. The van der Waals surface area contributed by atoms with E-state index in [0.29, 0.717) is 0 Å². The van der Waals surface area contributed by atoms with E-state index in [4.69, 9.17) is 0 Å². The Labute approximate surface area is 576 Å². The first-order valence-electron chi connectivity index (χ1n) is 40.5. The Morgan fingerprint density at radius 1 is 0.385 bits per heavy atom. The summed E-state index contributed by atoms with van der Waals surface area (Å²) in [6, 6.07) is 18.1. The second-order valence-electron chi connectivity index (χ2n) is 27.7. The topological polar surface area (TPSA) is 36.4 Å². The number of hydrogen-bond acceptors (Lipinski definition) is 0. The molecule has 0 radical (unpaired) electrons. The molecule has 524 valence electrons. The monoisotopic (exact) mass is 1300 g/mol. The standard InChI is InChI=1S/C64H102N2.2C12H25.Ni/c1-5-8-11-14-17-19-21-23-25-26-27-28-29-31-32-34-36-38-41-44-51-60-52-46-47-55-63(60)64(61-54-48-50-59(56-61)49-43-40-16-13-10-7-3)58(4)62(57-66-65)53-45-42-39-37-35-33-30-24-22-20-18-15-12-9-6-2;2*1-3-5-7-9-11-12-10-8-6-4-2;/h45-48,50,52-56H,5-37,39-40,42-44,49,51H2,1-4H3;2*1,3-12H2,2H3;. The molecule has 0 atom stereocenters. The van der Waals surface area contributed by atoms with E-state index in [1.165, 1.54) is 392 Å². The SMILES string of the molecule is CCCCCCCCCCCCCCCC=CC(=C=[N+]=[N-])C(C)=C(c1cccc(CCCCCCCC)c1)c1ccccc1CCC#CCCCCCCCCCCCCCCCCCC.CCCCCCCCCCC[CH2][Ni][CH2]CCCCCCCCCCC. The number of benzene rings is 2. The van der Waals surface area contributed by atoms with Crippen LogP contribution in [-0.2, 0) is 27.3 Å². The Bertz CT molecular complexity index is 2050. The number of hydrogen-bond donors (Lipinski definition) is 0. The van der Waals surface area contributed by atoms with Crippen LogP contribution in [0, 0.1) is 11.8 Å². The van der Waals surface area contributed by atoms with Crippen molar-refractivity contribution in [3.8, 4) is 11.8 Å². The summed E-state index contributed by atoms with van der Waals surface area (Å²) in [6.45, 7) is 13.7. The van der Waals surface area contributed by atoms with Crippen LogP contribution in [0.1, 0.15) is 436 Å². The molecule has 0 aliphatic rings. The molecule has 0 bridgehead atoms. The van der Waals surface area contributed by atoms with Gasteiger partial charge in [-0.1, -0.05) is 281 Å². The summed E-state index contributed by atoms with van der Waals surface area (Å²) < 4.78 is 0. The van der Waals surface area contributed by atoms with Crippen LogP contribution in [0.25, 0.3) is 11.1 Å². The normalized spacial score (nSPS) is 11.6. The van der Waals surface area contributed by atoms with Crippen molar-refractivity contribution in [3.05, 3.63) is 99.6 Å². The van der Waals surface area contributed by atoms with Gasteiger partial charge in [0.15, 0.2) is 0 Å². The van der Waals surface area contributed by atoms with Crippen LogP contribution in [0.3, 0.4) is 0 Å². The van der Waals surface area contributed by atoms with Gasteiger partial charge in [-0.3, -0.25) is 0 Å². The van der Waals surface area contributed by atoms with Gasteiger partial charge in [-0.2, -0.15) is 0 Å². The summed E-state index contributed by atoms with van der Waals surface area (Å²) in [5.41, 5.74) is 18.2. The van der Waals surface area contributed by atoms with Crippen LogP contribution >= 0.6 is 0 Å². The third-order valence-corrected chi connectivity index (χ3v) is 20.4. The molecule has 2 aromatic carbocycles. The average Bonchev–Trinajstić information content (AvgIpc) is 1.07. The molecule has 2 nitrogen and oxygen atoms in total. The molecule has 0 spiro atoms. The van der Waals surface area contributed by atoms with E-state index in [-0.39, 0.29) is 0 Å². The van der Waals surface area contributed by atoms with Gasteiger partial charge >= 0.3 is 173 Å². The molecule has 0 heterocycles. The summed E-state index contributed by atoms with van der Waals surface area (Å²) in [5, 5.41) is 2.86. The first-order valence-corrected chi connectivity index (χ1v) is 41.9. The molecule has 0 unspecified atom stereocenters. The molecule has 0 aliphatic carbocycles. The van der Waals surface area contributed by atoms with Crippen LogP contribution in [0.5, 0.6) is 0 Å². The number of unbranched alkanes of at least 4 members (excludes halogenated alkanes) is 52. The fraction of sp³-hybridized carbons (Fsp3) is 0.773. The zero-order valence-electron chi connectivity index (χ0n) is 61.8. The predicted molar refractivity (Wildman–Crippen MR) is 407 cm³/mol. The first kappa shape index (κ1) is 86.1. The van der Waals surface area contributed by atoms with Crippen molar-refractivity contribution in [3.63, 3.8) is 0 Å². The van der Waals surface area contributed by atoms with E-state index < -0.39 is 0 Å². The van der Waals surface area contributed by atoms with Crippen molar-refractivity contribution >= 4 is 11.4 Å². The summed E-state index contributed by atoms with van der Waals surface area (Å²) in [6.07, 6.45) is 86.5. The Balaban J connectivity index is 0.00000138. The summed E-state index contributed by atoms with van der Waals surface area (Å²) >= 11 is 2.03. The molecule has 0 fully saturated rings. The molecule has 2 rings (SSSR count). The quantitative estimate of drug-likeness (QED) is 0.0120. The van der Waals surface area contributed by atoms with Crippen LogP contribution in [-0.4, -0.2) is 10.7 Å². The van der Waals surface area contributed by atoms with Crippen LogP contribution in [0.4, 0.5) is 0 Å². The zero-order chi connectivity index (χ0) is 65.5. The van der Waals surface area contributed by atoms with Crippen LogP contribution < -0.4 is 0 Å². The number of rotatable bonds is 65. The second kappa shape index (κ2) is 71.4. The zero-order valence-corrected chi connectivity index (χ0v) is 62.8. The van der Waals surface area contributed by atoms with Crippen molar-refractivity contribution in [2.75, 3.05) is 0 Å². The molecular weight excluding hydrogens is 1140 g/mol. The number of nitrogens with zero attached hydrogens (tertiary/aromatic N) is 2. The molecule has 0 N–H and O–H groups in total. The van der Waals surface area contributed by atoms with Gasteiger partial charge in [-0.15, -0.1) is 16.6 Å². The third kappa shape index (κ3) is 56.1. The van der Waals surface area contributed by atoms with Crippen LogP contribution in [0.2, 0.25) is 10.8 Å². The fourth-order valence-electron chi connectivity index (χ4n) is 13.0. The van der Waals surface area contributed by atoms with Crippen molar-refractivity contribution in [1.29, 1.82) is 0 Å². The van der Waals surface area contributed by atoms with E-state index in [9.17, 15) is 5.53 Å². The van der Waals surface area contributed by atoms with Gasteiger partial charge in [0.1, 0.15) is 5.57 Å². The summed E-state index contributed by atoms with van der Waals surface area (Å²) in [7, 11) is 0. The van der Waals surface area contributed by atoms with Gasteiger partial charge < -0.3 is 5.53 Å². The van der Waals surface area contributed by atoms with E-state index in [1.54, 1.807) is 0 Å². The van der Waals surface area contributed by atoms with Gasteiger partial charge in [0, 0.05) is 12.8 Å². The minimum atomic E-state index is 0.844. The fourth-order valence-corrected chi connectivity index (χ4v) is 14.2. The van der Waals surface area contributed by atoms with E-state index in [2.05, 4.69) is 125 Å². The maximum atomic E-state index is 9.86. The second-order valence-corrected chi connectivity index (χ2v) is 29.2. The van der Waals surface area contributed by atoms with Gasteiger partial charge in [-0.25, -0.2) is 0 Å².